The van der Waals surface area contributed by atoms with Crippen LogP contribution in [0.5, 0.6) is 0 Å². The average Bonchev–Trinajstić information content (AvgIpc) is 2.61. The van der Waals surface area contributed by atoms with E-state index in [0.717, 1.165) is 18.0 Å². The van der Waals surface area contributed by atoms with E-state index in [9.17, 15) is 0 Å². The van der Waals surface area contributed by atoms with Crippen LogP contribution in [0.25, 0.3) is 0 Å². The lowest BCUT2D eigenvalue weighted by atomic mass is 10.1. The van der Waals surface area contributed by atoms with Crippen LogP contribution < -0.4 is 5.32 Å². The highest BCUT2D eigenvalue weighted by atomic mass is 32.1. The Bertz CT molecular complexity index is 361. The number of hydrogen-bond acceptors (Lipinski definition) is 4. The summed E-state index contributed by atoms with van der Waals surface area (Å²) < 4.78 is 5.58. The number of methoxy groups -OCH3 is 1. The molecule has 0 aliphatic heterocycles. The van der Waals surface area contributed by atoms with Gasteiger partial charge in [0.2, 0.25) is 0 Å². The van der Waals surface area contributed by atoms with Gasteiger partial charge in [-0.15, -0.1) is 11.3 Å². The van der Waals surface area contributed by atoms with Crippen molar-refractivity contribution in [3.05, 3.63) is 15.6 Å². The van der Waals surface area contributed by atoms with Crippen molar-refractivity contribution in [3.8, 4) is 0 Å². The van der Waals surface area contributed by atoms with Crippen molar-refractivity contribution in [3.63, 3.8) is 0 Å². The number of nitrogens with zero attached hydrogens (tertiary/aromatic N) is 1. The Hall–Kier alpha value is -0.450. The lowest BCUT2D eigenvalue weighted by Gasteiger charge is -2.16. The van der Waals surface area contributed by atoms with Crippen molar-refractivity contribution in [1.29, 1.82) is 0 Å². The Morgan fingerprint density at radius 3 is 2.39 bits per heavy atom. The molecule has 0 saturated heterocycles. The van der Waals surface area contributed by atoms with Crippen molar-refractivity contribution in [2.24, 2.45) is 11.8 Å². The van der Waals surface area contributed by atoms with Gasteiger partial charge >= 0.3 is 0 Å². The van der Waals surface area contributed by atoms with Crippen LogP contribution in [0.2, 0.25) is 0 Å². The molecule has 0 amide bonds. The van der Waals surface area contributed by atoms with Gasteiger partial charge in [0.1, 0.15) is 11.1 Å². The van der Waals surface area contributed by atoms with Crippen LogP contribution in [0.4, 0.5) is 0 Å². The van der Waals surface area contributed by atoms with E-state index in [1.807, 2.05) is 7.05 Å². The van der Waals surface area contributed by atoms with Gasteiger partial charge < -0.3 is 10.1 Å². The summed E-state index contributed by atoms with van der Waals surface area (Å²) in [7, 11) is 3.75. The van der Waals surface area contributed by atoms with Crippen LogP contribution in [-0.2, 0) is 17.7 Å². The molecule has 1 heterocycles. The predicted molar refractivity (Wildman–Crippen MR) is 78.0 cm³/mol. The number of hydrogen-bond donors (Lipinski definition) is 1. The fourth-order valence-electron chi connectivity index (χ4n) is 2.03. The number of rotatable bonds is 7. The second kappa shape index (κ2) is 7.22. The molecule has 1 N–H and O–H groups in total. The van der Waals surface area contributed by atoms with Crippen molar-refractivity contribution in [2.45, 2.75) is 46.8 Å². The third kappa shape index (κ3) is 4.04. The van der Waals surface area contributed by atoms with Gasteiger partial charge in [0.05, 0.1) is 5.69 Å². The van der Waals surface area contributed by atoms with Crippen molar-refractivity contribution < 1.29 is 4.74 Å². The maximum absolute atomic E-state index is 5.58. The zero-order chi connectivity index (χ0) is 13.7. The average molecular weight is 270 g/mol. The second-order valence-corrected chi connectivity index (χ2v) is 6.57. The summed E-state index contributed by atoms with van der Waals surface area (Å²) in [5.74, 6) is 1.09. The SMILES string of the molecule is CNCc1sc(C(OC)C(C)C)nc1CC(C)C. The molecule has 0 aliphatic carbocycles. The molecule has 0 aliphatic rings. The molecule has 4 heteroatoms. The monoisotopic (exact) mass is 270 g/mol. The standard InChI is InChI=1S/C14H26N2OS/c1-9(2)7-11-12(8-15-5)18-14(16-11)13(17-6)10(3)4/h9-10,13,15H,7-8H2,1-6H3. The summed E-state index contributed by atoms with van der Waals surface area (Å²) in [6.45, 7) is 9.72. The number of ether oxygens (including phenoxy) is 1. The van der Waals surface area contributed by atoms with E-state index in [-0.39, 0.29) is 6.10 Å². The van der Waals surface area contributed by atoms with Crippen LogP contribution in [0, 0.1) is 11.8 Å². The summed E-state index contributed by atoms with van der Waals surface area (Å²) in [6, 6.07) is 0. The molecule has 1 unspecified atom stereocenters. The zero-order valence-corrected chi connectivity index (χ0v) is 13.2. The van der Waals surface area contributed by atoms with Crippen molar-refractivity contribution in [2.75, 3.05) is 14.2 Å². The fraction of sp³-hybridized carbons (Fsp3) is 0.786. The lowest BCUT2D eigenvalue weighted by molar-refractivity contribution is 0.0643. The summed E-state index contributed by atoms with van der Waals surface area (Å²) >= 11 is 1.79. The van der Waals surface area contributed by atoms with Gasteiger partial charge in [-0.25, -0.2) is 4.98 Å². The molecular formula is C14H26N2OS. The molecule has 3 nitrogen and oxygen atoms in total. The Balaban J connectivity index is 2.99. The van der Waals surface area contributed by atoms with E-state index in [2.05, 4.69) is 33.0 Å². The quantitative estimate of drug-likeness (QED) is 0.824. The van der Waals surface area contributed by atoms with E-state index in [1.165, 1.54) is 10.6 Å². The highest BCUT2D eigenvalue weighted by Crippen LogP contribution is 2.31. The molecule has 0 aromatic carbocycles. The third-order valence-corrected chi connectivity index (χ3v) is 4.00. The topological polar surface area (TPSA) is 34.1 Å². The molecule has 1 rings (SSSR count). The van der Waals surface area contributed by atoms with Gasteiger partial charge in [-0.3, -0.25) is 0 Å². The third-order valence-electron chi connectivity index (χ3n) is 2.84. The van der Waals surface area contributed by atoms with Gasteiger partial charge in [0.25, 0.3) is 0 Å². The van der Waals surface area contributed by atoms with Gasteiger partial charge in [0, 0.05) is 18.5 Å². The van der Waals surface area contributed by atoms with E-state index >= 15 is 0 Å². The first-order chi connectivity index (χ1) is 8.49. The summed E-state index contributed by atoms with van der Waals surface area (Å²) in [5, 5.41) is 4.35. The van der Waals surface area contributed by atoms with Gasteiger partial charge in [-0.2, -0.15) is 0 Å². The summed E-state index contributed by atoms with van der Waals surface area (Å²) in [5.41, 5.74) is 1.24. The highest BCUT2D eigenvalue weighted by Gasteiger charge is 2.21. The zero-order valence-electron chi connectivity index (χ0n) is 12.4. The molecule has 1 aromatic rings. The van der Waals surface area contributed by atoms with Gasteiger partial charge in [-0.05, 0) is 25.3 Å². The van der Waals surface area contributed by atoms with Crippen LogP contribution in [0.15, 0.2) is 0 Å². The van der Waals surface area contributed by atoms with Gasteiger partial charge in [-0.1, -0.05) is 27.7 Å². The molecular weight excluding hydrogens is 244 g/mol. The highest BCUT2D eigenvalue weighted by molar-refractivity contribution is 7.11. The molecule has 18 heavy (non-hydrogen) atoms. The normalized spacial score (nSPS) is 13.6. The summed E-state index contributed by atoms with van der Waals surface area (Å²) in [6.07, 6.45) is 1.16. The maximum Gasteiger partial charge on any atom is 0.122 e. The number of thiazole rings is 1. The molecule has 1 atom stereocenters. The lowest BCUT2D eigenvalue weighted by Crippen LogP contribution is -2.09. The molecule has 104 valence electrons. The first-order valence-electron chi connectivity index (χ1n) is 6.65. The minimum Gasteiger partial charge on any atom is -0.374 e. The Morgan fingerprint density at radius 1 is 1.28 bits per heavy atom. The Labute approximate surface area is 115 Å². The number of aromatic nitrogens is 1. The van der Waals surface area contributed by atoms with Crippen LogP contribution in [0.1, 0.15) is 49.4 Å². The first kappa shape index (κ1) is 15.6. The Morgan fingerprint density at radius 2 is 1.94 bits per heavy atom. The molecule has 0 saturated carbocycles. The summed E-state index contributed by atoms with van der Waals surface area (Å²) in [4.78, 5) is 6.17. The molecule has 0 radical (unpaired) electrons. The predicted octanol–water partition coefficient (Wildman–Crippen LogP) is 3.40. The van der Waals surface area contributed by atoms with Gasteiger partial charge in [0.15, 0.2) is 0 Å². The van der Waals surface area contributed by atoms with E-state index in [1.54, 1.807) is 18.4 Å². The van der Waals surface area contributed by atoms with E-state index < -0.39 is 0 Å². The largest absolute Gasteiger partial charge is 0.374 e. The minimum atomic E-state index is 0.117. The van der Waals surface area contributed by atoms with Crippen LogP contribution >= 0.6 is 11.3 Å². The smallest absolute Gasteiger partial charge is 0.122 e. The second-order valence-electron chi connectivity index (χ2n) is 5.45. The fourth-order valence-corrected chi connectivity index (χ4v) is 3.38. The first-order valence-corrected chi connectivity index (χ1v) is 7.47. The van der Waals surface area contributed by atoms with Crippen LogP contribution in [-0.4, -0.2) is 19.1 Å². The van der Waals surface area contributed by atoms with E-state index in [0.29, 0.717) is 11.8 Å². The van der Waals surface area contributed by atoms with Crippen molar-refractivity contribution >= 4 is 11.3 Å². The number of nitrogens with one attached hydrogen (secondary N) is 1. The molecule has 0 fully saturated rings. The molecule has 0 bridgehead atoms. The minimum absolute atomic E-state index is 0.117. The molecule has 1 aromatic heterocycles. The van der Waals surface area contributed by atoms with Crippen molar-refractivity contribution in [1.82, 2.24) is 10.3 Å². The maximum atomic E-state index is 5.58. The molecule has 0 spiro atoms. The van der Waals surface area contributed by atoms with E-state index in [4.69, 9.17) is 9.72 Å². The Kier molecular flexibility index (Phi) is 6.26. The van der Waals surface area contributed by atoms with Crippen LogP contribution in [0.3, 0.4) is 0 Å².